The molecule has 1 amide bonds. The van der Waals surface area contributed by atoms with Gasteiger partial charge in [-0.05, 0) is 12.1 Å². The van der Waals surface area contributed by atoms with Crippen molar-refractivity contribution >= 4 is 5.91 Å². The summed E-state index contributed by atoms with van der Waals surface area (Å²) in [5.41, 5.74) is 0.115. The second-order valence-corrected chi connectivity index (χ2v) is 4.08. The molecule has 1 saturated heterocycles. The number of rotatable bonds is 1. The molecular weight excluding hydrogens is 226 g/mol. The molecule has 2 atom stereocenters. The Morgan fingerprint density at radius 2 is 1.53 bits per heavy atom. The number of benzene rings is 1. The number of hydrogen-bond acceptors (Lipinski definition) is 5. The Kier molecular flexibility index (Phi) is 2.91. The van der Waals surface area contributed by atoms with Crippen molar-refractivity contribution < 1.29 is 25.2 Å². The number of β-amino-alcohol motifs (C(OH)–C–C–N with tert-alkyl or cyclic N) is 2. The molecule has 0 aliphatic carbocycles. The molecule has 0 aromatic heterocycles. The zero-order chi connectivity index (χ0) is 12.6. The van der Waals surface area contributed by atoms with Gasteiger partial charge in [-0.15, -0.1) is 0 Å². The van der Waals surface area contributed by atoms with Gasteiger partial charge in [-0.3, -0.25) is 4.79 Å². The Morgan fingerprint density at radius 1 is 1.06 bits per heavy atom. The highest BCUT2D eigenvalue weighted by Gasteiger charge is 2.33. The first-order valence-electron chi connectivity index (χ1n) is 5.16. The maximum absolute atomic E-state index is 11.9. The van der Waals surface area contributed by atoms with Gasteiger partial charge < -0.3 is 25.3 Å². The quantitative estimate of drug-likeness (QED) is 0.518. The number of amides is 1. The van der Waals surface area contributed by atoms with Gasteiger partial charge in [0.1, 0.15) is 11.5 Å². The smallest absolute Gasteiger partial charge is 0.254 e. The number of nitrogens with zero attached hydrogens (tertiary/aromatic N) is 1. The van der Waals surface area contributed by atoms with Crippen LogP contribution in [-0.4, -0.2) is 56.5 Å². The molecule has 4 N–H and O–H groups in total. The van der Waals surface area contributed by atoms with Crippen LogP contribution >= 0.6 is 0 Å². The molecule has 1 fully saturated rings. The van der Waals surface area contributed by atoms with Crippen LogP contribution in [0.25, 0.3) is 0 Å². The standard InChI is InChI=1S/C11H13NO5/c13-7-1-6(2-8(14)3-7)11(17)12-4-9(15)10(16)5-12/h1-3,9-10,13-16H,4-5H2. The first-order chi connectivity index (χ1) is 7.97. The fourth-order valence-electron chi connectivity index (χ4n) is 1.84. The maximum Gasteiger partial charge on any atom is 0.254 e. The zero-order valence-corrected chi connectivity index (χ0v) is 8.95. The van der Waals surface area contributed by atoms with Crippen LogP contribution in [0.15, 0.2) is 18.2 Å². The van der Waals surface area contributed by atoms with Crippen LogP contribution in [0.5, 0.6) is 11.5 Å². The Balaban J connectivity index is 2.20. The number of phenols is 2. The van der Waals surface area contributed by atoms with Gasteiger partial charge in [0.05, 0.1) is 12.2 Å². The predicted octanol–water partition coefficient (Wildman–Crippen LogP) is -0.725. The van der Waals surface area contributed by atoms with Crippen molar-refractivity contribution in [2.24, 2.45) is 0 Å². The van der Waals surface area contributed by atoms with Crippen LogP contribution in [0.3, 0.4) is 0 Å². The molecule has 2 rings (SSSR count). The summed E-state index contributed by atoms with van der Waals surface area (Å²) >= 11 is 0. The average Bonchev–Trinajstić information content (AvgIpc) is 2.57. The Labute approximate surface area is 97.3 Å². The minimum Gasteiger partial charge on any atom is -0.508 e. The van der Waals surface area contributed by atoms with Gasteiger partial charge in [-0.25, -0.2) is 0 Å². The van der Waals surface area contributed by atoms with Crippen LogP contribution in [0.1, 0.15) is 10.4 Å². The van der Waals surface area contributed by atoms with E-state index in [-0.39, 0.29) is 30.2 Å². The molecule has 0 bridgehead atoms. The monoisotopic (exact) mass is 239 g/mol. The summed E-state index contributed by atoms with van der Waals surface area (Å²) in [5.74, 6) is -0.880. The van der Waals surface area contributed by atoms with Crippen molar-refractivity contribution in [3.8, 4) is 11.5 Å². The van der Waals surface area contributed by atoms with E-state index < -0.39 is 18.1 Å². The van der Waals surface area contributed by atoms with Gasteiger partial charge in [-0.2, -0.15) is 0 Å². The van der Waals surface area contributed by atoms with Crippen LogP contribution < -0.4 is 0 Å². The van der Waals surface area contributed by atoms with E-state index in [2.05, 4.69) is 0 Å². The number of hydrogen-bond donors (Lipinski definition) is 4. The highest BCUT2D eigenvalue weighted by molar-refractivity contribution is 5.95. The van der Waals surface area contributed by atoms with E-state index >= 15 is 0 Å². The van der Waals surface area contributed by atoms with Crippen LogP contribution in [0, 0.1) is 0 Å². The summed E-state index contributed by atoms with van der Waals surface area (Å²) < 4.78 is 0. The third kappa shape index (κ3) is 2.32. The van der Waals surface area contributed by atoms with Gasteiger partial charge >= 0.3 is 0 Å². The van der Waals surface area contributed by atoms with Crippen molar-refractivity contribution in [3.63, 3.8) is 0 Å². The van der Waals surface area contributed by atoms with E-state index in [4.69, 9.17) is 0 Å². The summed E-state index contributed by atoms with van der Waals surface area (Å²) in [6.45, 7) is 0.0762. The lowest BCUT2D eigenvalue weighted by Gasteiger charge is -2.15. The van der Waals surface area contributed by atoms with E-state index in [0.29, 0.717) is 0 Å². The van der Waals surface area contributed by atoms with Gasteiger partial charge in [-0.1, -0.05) is 0 Å². The summed E-state index contributed by atoms with van der Waals surface area (Å²) in [4.78, 5) is 13.2. The lowest BCUT2D eigenvalue weighted by Crippen LogP contribution is -2.29. The maximum atomic E-state index is 11.9. The molecular formula is C11H13NO5. The molecule has 2 unspecified atom stereocenters. The molecule has 17 heavy (non-hydrogen) atoms. The number of carbonyl (C=O) groups is 1. The second-order valence-electron chi connectivity index (χ2n) is 4.08. The first-order valence-corrected chi connectivity index (χ1v) is 5.16. The van der Waals surface area contributed by atoms with Crippen molar-refractivity contribution in [1.29, 1.82) is 0 Å². The molecule has 1 aliphatic rings. The normalized spacial score (nSPS) is 24.0. The number of likely N-dealkylation sites (tertiary alicyclic amines) is 1. The minimum absolute atomic E-state index is 0.0381. The van der Waals surface area contributed by atoms with Crippen molar-refractivity contribution in [2.45, 2.75) is 12.2 Å². The summed E-state index contributed by atoms with van der Waals surface area (Å²) in [6.07, 6.45) is -1.91. The lowest BCUT2D eigenvalue weighted by molar-refractivity contribution is 0.0572. The predicted molar refractivity (Wildman–Crippen MR) is 57.7 cm³/mol. The molecule has 0 spiro atoms. The molecule has 6 heteroatoms. The topological polar surface area (TPSA) is 101 Å². The summed E-state index contributed by atoms with van der Waals surface area (Å²) in [7, 11) is 0. The molecule has 92 valence electrons. The Bertz CT molecular complexity index is 417. The van der Waals surface area contributed by atoms with Gasteiger partial charge in [0.25, 0.3) is 5.91 Å². The van der Waals surface area contributed by atoms with Crippen molar-refractivity contribution in [1.82, 2.24) is 4.90 Å². The third-order valence-corrected chi connectivity index (χ3v) is 2.70. The van der Waals surface area contributed by atoms with Gasteiger partial charge in [0.15, 0.2) is 0 Å². The number of aliphatic hydroxyl groups is 2. The van der Waals surface area contributed by atoms with E-state index in [0.717, 1.165) is 6.07 Å². The van der Waals surface area contributed by atoms with Crippen LogP contribution in [-0.2, 0) is 0 Å². The highest BCUT2D eigenvalue weighted by Crippen LogP contribution is 2.22. The fraction of sp³-hybridized carbons (Fsp3) is 0.364. The number of aromatic hydroxyl groups is 2. The molecule has 0 saturated carbocycles. The van der Waals surface area contributed by atoms with Crippen molar-refractivity contribution in [2.75, 3.05) is 13.1 Å². The van der Waals surface area contributed by atoms with E-state index in [1.54, 1.807) is 0 Å². The number of phenolic OH excluding ortho intramolecular Hbond substituents is 2. The number of aliphatic hydroxyl groups excluding tert-OH is 2. The molecule has 1 aromatic rings. The minimum atomic E-state index is -0.954. The molecule has 6 nitrogen and oxygen atoms in total. The molecule has 1 heterocycles. The summed E-state index contributed by atoms with van der Waals surface area (Å²) in [6, 6.07) is 3.56. The zero-order valence-electron chi connectivity index (χ0n) is 8.95. The number of carbonyl (C=O) groups excluding carboxylic acids is 1. The van der Waals surface area contributed by atoms with Crippen LogP contribution in [0.4, 0.5) is 0 Å². The van der Waals surface area contributed by atoms with E-state index in [9.17, 15) is 25.2 Å². The van der Waals surface area contributed by atoms with E-state index in [1.807, 2.05) is 0 Å². The fourth-order valence-corrected chi connectivity index (χ4v) is 1.84. The lowest BCUT2D eigenvalue weighted by atomic mass is 10.2. The van der Waals surface area contributed by atoms with Crippen LogP contribution in [0.2, 0.25) is 0 Å². The SMILES string of the molecule is O=C(c1cc(O)cc(O)c1)N1CC(O)C(O)C1. The Morgan fingerprint density at radius 3 is 2.00 bits per heavy atom. The Hall–Kier alpha value is -1.79. The van der Waals surface area contributed by atoms with Gasteiger partial charge in [0, 0.05) is 24.7 Å². The largest absolute Gasteiger partial charge is 0.508 e. The average molecular weight is 239 g/mol. The molecule has 0 radical (unpaired) electrons. The van der Waals surface area contributed by atoms with Gasteiger partial charge in [0.2, 0.25) is 0 Å². The molecule has 1 aromatic carbocycles. The second kappa shape index (κ2) is 4.23. The first kappa shape index (κ1) is 11.7. The highest BCUT2D eigenvalue weighted by atomic mass is 16.3. The van der Waals surface area contributed by atoms with Crippen molar-refractivity contribution in [3.05, 3.63) is 23.8 Å². The van der Waals surface area contributed by atoms with E-state index in [1.165, 1.54) is 17.0 Å². The third-order valence-electron chi connectivity index (χ3n) is 2.70. The molecule has 1 aliphatic heterocycles. The summed E-state index contributed by atoms with van der Waals surface area (Å²) in [5, 5.41) is 37.2.